The van der Waals surface area contributed by atoms with Crippen LogP contribution in [0.3, 0.4) is 0 Å². The number of pyridine rings is 2. The highest BCUT2D eigenvalue weighted by Crippen LogP contribution is 2.27. The summed E-state index contributed by atoms with van der Waals surface area (Å²) >= 11 is 0. The van der Waals surface area contributed by atoms with Crippen LogP contribution in [0.4, 0.5) is 8.78 Å². The Labute approximate surface area is 243 Å². The van der Waals surface area contributed by atoms with Crippen LogP contribution < -0.4 is 10.1 Å². The van der Waals surface area contributed by atoms with Gasteiger partial charge >= 0.3 is 0 Å². The number of rotatable bonds is 11. The van der Waals surface area contributed by atoms with E-state index in [4.69, 9.17) is 14.2 Å². The van der Waals surface area contributed by atoms with Crippen molar-refractivity contribution in [2.45, 2.75) is 43.6 Å². The van der Waals surface area contributed by atoms with Crippen molar-refractivity contribution in [1.82, 2.24) is 20.2 Å². The second-order valence-electron chi connectivity index (χ2n) is 10.6. The number of hydrogen-bond donors (Lipinski definition) is 2. The fraction of sp³-hybridized carbons (Fsp3) is 0.452. The Bertz CT molecular complexity index is 1400. The summed E-state index contributed by atoms with van der Waals surface area (Å²) in [7, 11) is 1.54. The molecular weight excluding hydrogens is 546 g/mol. The van der Waals surface area contributed by atoms with Gasteiger partial charge < -0.3 is 24.6 Å². The first-order valence-corrected chi connectivity index (χ1v) is 14.2. The van der Waals surface area contributed by atoms with Crippen molar-refractivity contribution >= 4 is 22.9 Å². The summed E-state index contributed by atoms with van der Waals surface area (Å²) in [6.07, 6.45) is 4.05. The molecule has 2 aliphatic heterocycles. The number of nitrogens with one attached hydrogen (secondary N) is 1. The Hall–Kier alpha value is -3.35. The Morgan fingerprint density at radius 3 is 2.86 bits per heavy atom. The number of ketones is 1. The highest BCUT2D eigenvalue weighted by atomic mass is 19.1. The molecule has 42 heavy (non-hydrogen) atoms. The lowest BCUT2D eigenvalue weighted by molar-refractivity contribution is -0.154. The molecule has 0 bridgehead atoms. The zero-order valence-electron chi connectivity index (χ0n) is 23.5. The maximum atomic E-state index is 14.0. The number of methoxy groups -OCH3 is 1. The summed E-state index contributed by atoms with van der Waals surface area (Å²) in [4.78, 5) is 24.4. The number of carbonyl (C=O) groups is 1. The first-order chi connectivity index (χ1) is 20.4. The molecule has 0 radical (unpaired) electrons. The minimum absolute atomic E-state index is 0.0766. The SMILES string of the molecule is COc1ccc2nccc(C[C@H](O)[C@@H]3CC[C@@H](NC/C=C/c4cc(F)ccc4F)[C@H](C(=O)CN4CCOCC4)O3)c2n1. The van der Waals surface area contributed by atoms with E-state index in [1.54, 1.807) is 25.4 Å². The molecule has 2 aromatic heterocycles. The van der Waals surface area contributed by atoms with Gasteiger partial charge in [0.05, 0.1) is 50.1 Å². The van der Waals surface area contributed by atoms with Crippen molar-refractivity contribution in [3.63, 3.8) is 0 Å². The number of carbonyl (C=O) groups excluding carboxylic acids is 1. The predicted octanol–water partition coefficient (Wildman–Crippen LogP) is 2.94. The standard InChI is InChI=1S/C31H36F2N4O5/c1-40-29-9-7-24-30(36-29)21(10-12-35-24)18-26(38)28-8-6-25(31(42-28)27(39)19-37-13-15-41-16-14-37)34-11-2-3-20-17-22(32)4-5-23(20)33/h2-5,7,9-10,12,17,25-26,28,31,34,38H,6,8,11,13-16,18-19H2,1H3/b3-2+/t25-,26+,28+,31-/m1/s1. The van der Waals surface area contributed by atoms with Crippen LogP contribution in [0.2, 0.25) is 0 Å². The van der Waals surface area contributed by atoms with E-state index in [-0.39, 0.29) is 30.4 Å². The van der Waals surface area contributed by atoms with E-state index in [9.17, 15) is 18.7 Å². The number of aliphatic hydroxyl groups excluding tert-OH is 1. The van der Waals surface area contributed by atoms with E-state index in [0.717, 1.165) is 23.8 Å². The van der Waals surface area contributed by atoms with Gasteiger partial charge in [0.1, 0.15) is 17.7 Å². The Kier molecular flexibility index (Phi) is 10.2. The highest BCUT2D eigenvalue weighted by molar-refractivity contribution is 5.86. The lowest BCUT2D eigenvalue weighted by atomic mass is 9.91. The maximum Gasteiger partial charge on any atom is 0.213 e. The molecule has 4 heterocycles. The number of aromatic nitrogens is 2. The largest absolute Gasteiger partial charge is 0.481 e. The molecule has 2 aliphatic rings. The van der Waals surface area contributed by atoms with Gasteiger partial charge in [0, 0.05) is 49.9 Å². The van der Waals surface area contributed by atoms with Crippen LogP contribution in [-0.2, 0) is 20.7 Å². The lowest BCUT2D eigenvalue weighted by Crippen LogP contribution is -2.56. The number of halogens is 2. The highest BCUT2D eigenvalue weighted by Gasteiger charge is 2.39. The van der Waals surface area contributed by atoms with E-state index in [0.29, 0.717) is 62.6 Å². The number of ether oxygens (including phenoxy) is 3. The van der Waals surface area contributed by atoms with Crippen LogP contribution in [0.15, 0.2) is 48.7 Å². The molecule has 0 spiro atoms. The second-order valence-corrected chi connectivity index (χ2v) is 10.6. The van der Waals surface area contributed by atoms with Gasteiger partial charge in [-0.2, -0.15) is 0 Å². The molecule has 0 amide bonds. The predicted molar refractivity (Wildman–Crippen MR) is 153 cm³/mol. The van der Waals surface area contributed by atoms with Gasteiger partial charge in [-0.25, -0.2) is 13.8 Å². The average Bonchev–Trinajstić information content (AvgIpc) is 3.01. The van der Waals surface area contributed by atoms with E-state index in [1.807, 2.05) is 17.0 Å². The van der Waals surface area contributed by atoms with Gasteiger partial charge in [0.25, 0.3) is 0 Å². The van der Waals surface area contributed by atoms with Crippen molar-refractivity contribution in [3.8, 4) is 5.88 Å². The molecule has 224 valence electrons. The number of benzene rings is 1. The zero-order valence-corrected chi connectivity index (χ0v) is 23.5. The fourth-order valence-electron chi connectivity index (χ4n) is 5.45. The van der Waals surface area contributed by atoms with Gasteiger partial charge in [0.15, 0.2) is 5.78 Å². The van der Waals surface area contributed by atoms with Crippen molar-refractivity contribution in [1.29, 1.82) is 0 Å². The quantitative estimate of drug-likeness (QED) is 0.353. The summed E-state index contributed by atoms with van der Waals surface area (Å²) in [5.74, 6) is -0.651. The minimum Gasteiger partial charge on any atom is -0.481 e. The van der Waals surface area contributed by atoms with Crippen molar-refractivity contribution in [2.75, 3.05) is 46.5 Å². The average molecular weight is 583 g/mol. The number of hydrogen-bond acceptors (Lipinski definition) is 9. The van der Waals surface area contributed by atoms with E-state index in [1.165, 1.54) is 6.08 Å². The molecule has 2 N–H and O–H groups in total. The summed E-state index contributed by atoms with van der Waals surface area (Å²) in [5, 5.41) is 14.6. The van der Waals surface area contributed by atoms with Gasteiger partial charge in [-0.15, -0.1) is 0 Å². The normalized spacial score (nSPS) is 22.4. The molecule has 3 aromatic rings. The van der Waals surface area contributed by atoms with Gasteiger partial charge in [-0.3, -0.25) is 14.7 Å². The zero-order chi connectivity index (χ0) is 29.5. The summed E-state index contributed by atoms with van der Waals surface area (Å²) in [6.45, 7) is 3.02. The monoisotopic (exact) mass is 582 g/mol. The van der Waals surface area contributed by atoms with Crippen LogP contribution in [-0.4, -0.2) is 96.6 Å². The van der Waals surface area contributed by atoms with E-state index < -0.39 is 29.9 Å². The molecule has 1 aromatic carbocycles. The fourth-order valence-corrected chi connectivity index (χ4v) is 5.45. The molecule has 2 fully saturated rings. The summed E-state index contributed by atoms with van der Waals surface area (Å²) in [6, 6.07) is 8.36. The first-order valence-electron chi connectivity index (χ1n) is 14.2. The van der Waals surface area contributed by atoms with Crippen LogP contribution in [0.5, 0.6) is 5.88 Å². The van der Waals surface area contributed by atoms with Crippen molar-refractivity contribution in [2.24, 2.45) is 0 Å². The minimum atomic E-state index is -0.876. The molecule has 2 saturated heterocycles. The van der Waals surface area contributed by atoms with Gasteiger partial charge in [0.2, 0.25) is 5.88 Å². The van der Waals surface area contributed by atoms with Crippen molar-refractivity contribution < 1.29 is 32.9 Å². The molecule has 0 aliphatic carbocycles. The number of morpholine rings is 1. The molecule has 0 unspecified atom stereocenters. The molecule has 11 heteroatoms. The Morgan fingerprint density at radius 2 is 2.05 bits per heavy atom. The molecule has 5 rings (SSSR count). The first kappa shape index (κ1) is 30.1. The Balaban J connectivity index is 1.27. The molecular formula is C31H36F2N4O5. The van der Waals surface area contributed by atoms with Crippen LogP contribution in [0.1, 0.15) is 24.0 Å². The molecule has 4 atom stereocenters. The number of nitrogens with zero attached hydrogens (tertiary/aromatic N) is 3. The topological polar surface area (TPSA) is 106 Å². The molecule has 9 nitrogen and oxygen atoms in total. The lowest BCUT2D eigenvalue weighted by Gasteiger charge is -2.39. The van der Waals surface area contributed by atoms with Gasteiger partial charge in [-0.05, 0) is 48.7 Å². The third kappa shape index (κ3) is 7.53. The van der Waals surface area contributed by atoms with E-state index in [2.05, 4.69) is 15.3 Å². The number of fused-ring (bicyclic) bond motifs is 1. The van der Waals surface area contributed by atoms with E-state index >= 15 is 0 Å². The smallest absolute Gasteiger partial charge is 0.213 e. The number of Topliss-reactive ketones (excluding diaryl/α,β-unsaturated/α-hetero) is 1. The Morgan fingerprint density at radius 1 is 1.21 bits per heavy atom. The van der Waals surface area contributed by atoms with Crippen LogP contribution in [0, 0.1) is 11.6 Å². The summed E-state index contributed by atoms with van der Waals surface area (Å²) in [5.41, 5.74) is 2.29. The maximum absolute atomic E-state index is 14.0. The van der Waals surface area contributed by atoms with Crippen LogP contribution >= 0.6 is 0 Å². The number of aliphatic hydroxyl groups is 1. The van der Waals surface area contributed by atoms with Crippen LogP contribution in [0.25, 0.3) is 17.1 Å². The van der Waals surface area contributed by atoms with Gasteiger partial charge in [-0.1, -0.05) is 12.2 Å². The third-order valence-corrected chi connectivity index (χ3v) is 7.71. The second kappa shape index (κ2) is 14.2. The van der Waals surface area contributed by atoms with Crippen molar-refractivity contribution in [3.05, 3.63) is 71.4 Å². The molecule has 0 saturated carbocycles. The summed E-state index contributed by atoms with van der Waals surface area (Å²) < 4.78 is 44.5. The third-order valence-electron chi connectivity index (χ3n) is 7.71.